The Hall–Kier alpha value is -3.55. The highest BCUT2D eigenvalue weighted by Crippen LogP contribution is 2.18. The van der Waals surface area contributed by atoms with Crippen molar-refractivity contribution in [2.24, 2.45) is 0 Å². The molecule has 0 saturated carbocycles. The largest absolute Gasteiger partial charge is 0.320 e. The molecule has 3 heterocycles. The number of aromatic amines is 1. The van der Waals surface area contributed by atoms with Gasteiger partial charge in [0.15, 0.2) is 0 Å². The molecule has 1 amide bonds. The van der Waals surface area contributed by atoms with Gasteiger partial charge in [0, 0.05) is 35.9 Å². The maximum atomic E-state index is 13.2. The summed E-state index contributed by atoms with van der Waals surface area (Å²) in [6, 6.07) is 8.21. The zero-order valence-electron chi connectivity index (χ0n) is 12.7. The molecule has 6 nitrogen and oxygen atoms in total. The number of fused-ring (bicyclic) bond motifs is 1. The molecule has 0 aliphatic heterocycles. The van der Waals surface area contributed by atoms with Crippen LogP contribution in [0.1, 0.15) is 10.5 Å². The van der Waals surface area contributed by atoms with E-state index < -0.39 is 17.5 Å². The number of hydrogen-bond acceptors (Lipinski definition) is 3. The Morgan fingerprint density at radius 1 is 1.08 bits per heavy atom. The Bertz CT molecular complexity index is 1050. The van der Waals surface area contributed by atoms with Crippen LogP contribution in [0.3, 0.4) is 0 Å². The second-order valence-electron chi connectivity index (χ2n) is 5.38. The Labute approximate surface area is 140 Å². The standard InChI is InChI=1S/C17H11F2N5O/c18-11-5-12(19)7-13(6-11)21-17(25)15-9-24-8-10(1-2-16(24)22-15)14-3-4-20-23-14/h1-9H,(H,20,23)(H,21,25). The normalized spacial score (nSPS) is 11.0. The van der Waals surface area contributed by atoms with Gasteiger partial charge in [0.1, 0.15) is 23.0 Å². The second-order valence-corrected chi connectivity index (χ2v) is 5.38. The highest BCUT2D eigenvalue weighted by molar-refractivity contribution is 6.03. The van der Waals surface area contributed by atoms with Crippen molar-refractivity contribution in [3.8, 4) is 11.3 Å². The quantitative estimate of drug-likeness (QED) is 0.602. The number of hydrogen-bond donors (Lipinski definition) is 2. The summed E-state index contributed by atoms with van der Waals surface area (Å²) in [6.07, 6.45) is 5.04. The molecule has 0 fully saturated rings. The minimum absolute atomic E-state index is 0.0248. The van der Waals surface area contributed by atoms with E-state index in [0.717, 1.165) is 29.5 Å². The number of amides is 1. The first kappa shape index (κ1) is 15.0. The van der Waals surface area contributed by atoms with Gasteiger partial charge in [-0.3, -0.25) is 9.89 Å². The highest BCUT2D eigenvalue weighted by Gasteiger charge is 2.13. The first-order valence-corrected chi connectivity index (χ1v) is 7.35. The summed E-state index contributed by atoms with van der Waals surface area (Å²) < 4.78 is 28.1. The lowest BCUT2D eigenvalue weighted by atomic mass is 10.2. The van der Waals surface area contributed by atoms with Gasteiger partial charge in [-0.25, -0.2) is 13.8 Å². The van der Waals surface area contributed by atoms with Gasteiger partial charge in [-0.05, 0) is 30.3 Å². The first-order valence-electron chi connectivity index (χ1n) is 7.35. The molecule has 2 N–H and O–H groups in total. The molecule has 1 aromatic carbocycles. The number of halogens is 2. The molecule has 3 aromatic heterocycles. The van der Waals surface area contributed by atoms with Crippen molar-refractivity contribution in [1.29, 1.82) is 0 Å². The number of rotatable bonds is 3. The number of H-pyrrole nitrogens is 1. The van der Waals surface area contributed by atoms with Gasteiger partial charge in [-0.15, -0.1) is 0 Å². The van der Waals surface area contributed by atoms with E-state index in [2.05, 4.69) is 20.5 Å². The number of carbonyl (C=O) groups is 1. The molecular weight excluding hydrogens is 328 g/mol. The van der Waals surface area contributed by atoms with Gasteiger partial charge in [0.2, 0.25) is 0 Å². The van der Waals surface area contributed by atoms with E-state index in [4.69, 9.17) is 0 Å². The van der Waals surface area contributed by atoms with Crippen LogP contribution in [0.25, 0.3) is 16.9 Å². The number of benzene rings is 1. The molecule has 4 aromatic rings. The van der Waals surface area contributed by atoms with Crippen molar-refractivity contribution in [3.05, 3.63) is 72.3 Å². The maximum Gasteiger partial charge on any atom is 0.275 e. The molecule has 0 atom stereocenters. The lowest BCUT2D eigenvalue weighted by Gasteiger charge is -2.03. The fraction of sp³-hybridized carbons (Fsp3) is 0. The molecule has 0 spiro atoms. The molecule has 25 heavy (non-hydrogen) atoms. The van der Waals surface area contributed by atoms with Crippen LogP contribution >= 0.6 is 0 Å². The van der Waals surface area contributed by atoms with Crippen LogP contribution in [0.15, 0.2) is 55.0 Å². The number of aromatic nitrogens is 4. The number of pyridine rings is 1. The van der Waals surface area contributed by atoms with Crippen molar-refractivity contribution in [2.75, 3.05) is 5.32 Å². The molecule has 0 saturated heterocycles. The Morgan fingerprint density at radius 2 is 1.88 bits per heavy atom. The predicted octanol–water partition coefficient (Wildman–Crippen LogP) is 3.25. The average Bonchev–Trinajstić information content (AvgIpc) is 3.22. The molecule has 124 valence electrons. The molecule has 0 aliphatic carbocycles. The van der Waals surface area contributed by atoms with E-state index in [1.165, 1.54) is 6.20 Å². The number of nitrogens with one attached hydrogen (secondary N) is 2. The van der Waals surface area contributed by atoms with E-state index in [1.54, 1.807) is 22.9 Å². The van der Waals surface area contributed by atoms with Gasteiger partial charge < -0.3 is 9.72 Å². The van der Waals surface area contributed by atoms with E-state index in [1.807, 2.05) is 12.1 Å². The fourth-order valence-electron chi connectivity index (χ4n) is 2.49. The summed E-state index contributed by atoms with van der Waals surface area (Å²) >= 11 is 0. The van der Waals surface area contributed by atoms with Crippen molar-refractivity contribution in [3.63, 3.8) is 0 Å². The summed E-state index contributed by atoms with van der Waals surface area (Å²) in [4.78, 5) is 16.5. The molecule has 8 heteroatoms. The van der Waals surface area contributed by atoms with Gasteiger partial charge in [0.05, 0.1) is 5.69 Å². The van der Waals surface area contributed by atoms with Crippen LogP contribution in [0.2, 0.25) is 0 Å². The number of anilines is 1. The fourth-order valence-corrected chi connectivity index (χ4v) is 2.49. The van der Waals surface area contributed by atoms with E-state index in [9.17, 15) is 13.6 Å². The van der Waals surface area contributed by atoms with Gasteiger partial charge in [-0.2, -0.15) is 5.10 Å². The lowest BCUT2D eigenvalue weighted by molar-refractivity contribution is 0.102. The highest BCUT2D eigenvalue weighted by atomic mass is 19.1. The van der Waals surface area contributed by atoms with Crippen LogP contribution in [0, 0.1) is 11.6 Å². The summed E-state index contributed by atoms with van der Waals surface area (Å²) in [5.41, 5.74) is 2.33. The monoisotopic (exact) mass is 339 g/mol. The SMILES string of the molecule is O=C(Nc1cc(F)cc(F)c1)c1cn2cc(-c3cc[nH]n3)ccc2n1. The smallest absolute Gasteiger partial charge is 0.275 e. The first-order chi connectivity index (χ1) is 12.1. The van der Waals surface area contributed by atoms with Gasteiger partial charge in [-0.1, -0.05) is 0 Å². The molecule has 0 unspecified atom stereocenters. The van der Waals surface area contributed by atoms with Crippen molar-refractivity contribution in [2.45, 2.75) is 0 Å². The molecule has 0 aliphatic rings. The third kappa shape index (κ3) is 2.97. The number of carbonyl (C=O) groups excluding carboxylic acids is 1. The summed E-state index contributed by atoms with van der Waals surface area (Å²) in [6.45, 7) is 0. The van der Waals surface area contributed by atoms with Gasteiger partial charge in [0.25, 0.3) is 5.91 Å². The summed E-state index contributed by atoms with van der Waals surface area (Å²) in [5, 5.41) is 9.27. The average molecular weight is 339 g/mol. The third-order valence-corrected chi connectivity index (χ3v) is 3.60. The summed E-state index contributed by atoms with van der Waals surface area (Å²) in [5.74, 6) is -2.10. The molecule has 0 radical (unpaired) electrons. The summed E-state index contributed by atoms with van der Waals surface area (Å²) in [7, 11) is 0. The van der Waals surface area contributed by atoms with Crippen LogP contribution < -0.4 is 5.32 Å². The zero-order valence-corrected chi connectivity index (χ0v) is 12.7. The minimum Gasteiger partial charge on any atom is -0.320 e. The minimum atomic E-state index is -0.769. The Kier molecular flexibility index (Phi) is 3.50. The van der Waals surface area contributed by atoms with E-state index in [-0.39, 0.29) is 11.4 Å². The van der Waals surface area contributed by atoms with Crippen LogP contribution in [-0.4, -0.2) is 25.5 Å². The Balaban J connectivity index is 1.63. The Morgan fingerprint density at radius 3 is 2.60 bits per heavy atom. The lowest BCUT2D eigenvalue weighted by Crippen LogP contribution is -2.12. The number of nitrogens with zero attached hydrogens (tertiary/aromatic N) is 3. The predicted molar refractivity (Wildman–Crippen MR) is 87.1 cm³/mol. The van der Waals surface area contributed by atoms with Crippen molar-refractivity contribution in [1.82, 2.24) is 19.6 Å². The second kappa shape index (κ2) is 5.82. The van der Waals surface area contributed by atoms with Crippen molar-refractivity contribution >= 4 is 17.2 Å². The molecular formula is C17H11F2N5O. The van der Waals surface area contributed by atoms with E-state index in [0.29, 0.717) is 5.65 Å². The van der Waals surface area contributed by atoms with Gasteiger partial charge >= 0.3 is 0 Å². The topological polar surface area (TPSA) is 75.1 Å². The van der Waals surface area contributed by atoms with Crippen LogP contribution in [0.5, 0.6) is 0 Å². The van der Waals surface area contributed by atoms with Crippen LogP contribution in [0.4, 0.5) is 14.5 Å². The zero-order chi connectivity index (χ0) is 17.4. The molecule has 0 bridgehead atoms. The number of imidazole rings is 1. The van der Waals surface area contributed by atoms with Crippen molar-refractivity contribution < 1.29 is 13.6 Å². The third-order valence-electron chi connectivity index (χ3n) is 3.60. The van der Waals surface area contributed by atoms with Crippen LogP contribution in [-0.2, 0) is 0 Å². The molecule has 4 rings (SSSR count). The van der Waals surface area contributed by atoms with E-state index >= 15 is 0 Å². The maximum absolute atomic E-state index is 13.2.